The molecule has 0 unspecified atom stereocenters. The number of hydrogen-bond donors (Lipinski definition) is 4. The van der Waals surface area contributed by atoms with Crippen LogP contribution in [-0.4, -0.2) is 37.7 Å². The number of primary amides is 1. The van der Waals surface area contributed by atoms with E-state index < -0.39 is 23.4 Å². The third-order valence-electron chi connectivity index (χ3n) is 4.81. The van der Waals surface area contributed by atoms with E-state index in [0.717, 1.165) is 44.7 Å². The topological polar surface area (TPSA) is 105 Å². The summed E-state index contributed by atoms with van der Waals surface area (Å²) in [6.45, 7) is 8.09. The van der Waals surface area contributed by atoms with Crippen molar-refractivity contribution in [3.63, 3.8) is 0 Å². The molecule has 0 bridgehead atoms. The Bertz CT molecular complexity index is 636. The molecule has 150 valence electrons. The van der Waals surface area contributed by atoms with Crippen LogP contribution in [0.2, 0.25) is 0 Å². The fraction of sp³-hybridized carbons (Fsp3) is 0.600. The molecule has 1 saturated heterocycles. The molecular weight excluding hydrogens is 344 g/mol. The number of carbonyl (C=O) groups excluding carboxylic acids is 2. The molecule has 1 atom stereocenters. The highest BCUT2D eigenvalue weighted by Gasteiger charge is 2.31. The Balaban J connectivity index is 1.92. The SMILES string of the molecule is CC(C)(C)[C@H](NC(=O)Nc1ccccc1NCCC1CCOCC1)C(N)=O. The van der Waals surface area contributed by atoms with Gasteiger partial charge in [-0.2, -0.15) is 0 Å². The lowest BCUT2D eigenvalue weighted by atomic mass is 9.86. The van der Waals surface area contributed by atoms with Crippen molar-refractivity contribution >= 4 is 23.3 Å². The molecule has 1 aliphatic heterocycles. The number of amides is 3. The normalized spacial score (nSPS) is 16.4. The van der Waals surface area contributed by atoms with Crippen molar-refractivity contribution < 1.29 is 14.3 Å². The van der Waals surface area contributed by atoms with Crippen molar-refractivity contribution in [2.24, 2.45) is 17.1 Å². The molecule has 5 N–H and O–H groups in total. The maximum atomic E-state index is 12.4. The summed E-state index contributed by atoms with van der Waals surface area (Å²) in [6, 6.07) is 6.32. The Morgan fingerprint density at radius 1 is 1.19 bits per heavy atom. The third kappa shape index (κ3) is 6.75. The van der Waals surface area contributed by atoms with Gasteiger partial charge in [0.2, 0.25) is 5.91 Å². The summed E-state index contributed by atoms with van der Waals surface area (Å²) in [4.78, 5) is 24.0. The van der Waals surface area contributed by atoms with Gasteiger partial charge in [0, 0.05) is 19.8 Å². The predicted octanol–water partition coefficient (Wildman–Crippen LogP) is 2.94. The van der Waals surface area contributed by atoms with Crippen LogP contribution in [0.15, 0.2) is 24.3 Å². The largest absolute Gasteiger partial charge is 0.383 e. The van der Waals surface area contributed by atoms with Crippen molar-refractivity contribution in [3.8, 4) is 0 Å². The molecule has 1 heterocycles. The summed E-state index contributed by atoms with van der Waals surface area (Å²) in [7, 11) is 0. The van der Waals surface area contributed by atoms with Crippen LogP contribution >= 0.6 is 0 Å². The Kier molecular flexibility index (Phi) is 7.47. The summed E-state index contributed by atoms with van der Waals surface area (Å²) in [5, 5.41) is 8.89. The first kappa shape index (κ1) is 21.0. The van der Waals surface area contributed by atoms with Gasteiger partial charge in [-0.1, -0.05) is 32.9 Å². The predicted molar refractivity (Wildman–Crippen MR) is 108 cm³/mol. The smallest absolute Gasteiger partial charge is 0.319 e. The molecule has 0 radical (unpaired) electrons. The van der Waals surface area contributed by atoms with Gasteiger partial charge in [-0.15, -0.1) is 0 Å². The first-order chi connectivity index (χ1) is 12.8. The summed E-state index contributed by atoms with van der Waals surface area (Å²) in [5.41, 5.74) is 6.48. The molecule has 1 fully saturated rings. The standard InChI is InChI=1S/C20H32N4O3/c1-20(2,3)17(18(21)25)24-19(26)23-16-7-5-4-6-15(16)22-11-8-14-9-12-27-13-10-14/h4-7,14,17,22H,8-13H2,1-3H3,(H2,21,25)(H2,23,24,26)/t17-/m1/s1. The van der Waals surface area contributed by atoms with E-state index in [2.05, 4.69) is 16.0 Å². The van der Waals surface area contributed by atoms with Crippen LogP contribution < -0.4 is 21.7 Å². The number of urea groups is 1. The minimum atomic E-state index is -0.758. The molecule has 1 aliphatic rings. The van der Waals surface area contributed by atoms with Crippen molar-refractivity contribution in [1.29, 1.82) is 0 Å². The Labute approximate surface area is 161 Å². The Morgan fingerprint density at radius 3 is 2.41 bits per heavy atom. The van der Waals surface area contributed by atoms with Gasteiger partial charge in [0.05, 0.1) is 11.4 Å². The highest BCUT2D eigenvalue weighted by Crippen LogP contribution is 2.24. The van der Waals surface area contributed by atoms with E-state index in [1.807, 2.05) is 45.0 Å². The number of ether oxygens (including phenoxy) is 1. The number of para-hydroxylation sites is 2. The molecule has 7 heteroatoms. The summed E-state index contributed by atoms with van der Waals surface area (Å²) < 4.78 is 5.39. The van der Waals surface area contributed by atoms with E-state index in [-0.39, 0.29) is 0 Å². The zero-order valence-electron chi connectivity index (χ0n) is 16.5. The van der Waals surface area contributed by atoms with Crippen LogP contribution in [0.3, 0.4) is 0 Å². The van der Waals surface area contributed by atoms with E-state index in [0.29, 0.717) is 11.6 Å². The lowest BCUT2D eigenvalue weighted by Gasteiger charge is -2.28. The summed E-state index contributed by atoms with van der Waals surface area (Å²) >= 11 is 0. The van der Waals surface area contributed by atoms with E-state index in [4.69, 9.17) is 10.5 Å². The van der Waals surface area contributed by atoms with Crippen LogP contribution in [0.4, 0.5) is 16.2 Å². The first-order valence-corrected chi connectivity index (χ1v) is 9.55. The van der Waals surface area contributed by atoms with Crippen LogP contribution in [0.25, 0.3) is 0 Å². The van der Waals surface area contributed by atoms with E-state index >= 15 is 0 Å². The summed E-state index contributed by atoms with van der Waals surface area (Å²) in [5.74, 6) is 0.123. The molecule has 0 aliphatic carbocycles. The van der Waals surface area contributed by atoms with Crippen molar-refractivity contribution in [3.05, 3.63) is 24.3 Å². The molecule has 3 amide bonds. The second kappa shape index (κ2) is 9.60. The van der Waals surface area contributed by atoms with Gasteiger partial charge < -0.3 is 26.4 Å². The molecule has 27 heavy (non-hydrogen) atoms. The fourth-order valence-corrected chi connectivity index (χ4v) is 3.20. The second-order valence-electron chi connectivity index (χ2n) is 8.12. The fourth-order valence-electron chi connectivity index (χ4n) is 3.20. The van der Waals surface area contributed by atoms with Gasteiger partial charge in [-0.25, -0.2) is 4.79 Å². The van der Waals surface area contributed by atoms with Gasteiger partial charge in [0.15, 0.2) is 0 Å². The first-order valence-electron chi connectivity index (χ1n) is 9.55. The molecular formula is C20H32N4O3. The second-order valence-corrected chi connectivity index (χ2v) is 8.12. The molecule has 1 aromatic carbocycles. The molecule has 2 rings (SSSR count). The number of nitrogens with two attached hydrogens (primary N) is 1. The van der Waals surface area contributed by atoms with Crippen molar-refractivity contribution in [1.82, 2.24) is 5.32 Å². The van der Waals surface area contributed by atoms with Crippen LogP contribution in [0.1, 0.15) is 40.0 Å². The molecule has 0 aromatic heterocycles. The van der Waals surface area contributed by atoms with Crippen LogP contribution in [-0.2, 0) is 9.53 Å². The minimum absolute atomic E-state index is 0.451. The zero-order chi connectivity index (χ0) is 19.9. The number of carbonyl (C=O) groups is 2. The maximum absolute atomic E-state index is 12.4. The number of rotatable bonds is 7. The number of nitrogens with one attached hydrogen (secondary N) is 3. The zero-order valence-corrected chi connectivity index (χ0v) is 16.5. The molecule has 1 aromatic rings. The molecule has 7 nitrogen and oxygen atoms in total. The molecule has 0 spiro atoms. The van der Waals surface area contributed by atoms with E-state index in [9.17, 15) is 9.59 Å². The van der Waals surface area contributed by atoms with E-state index in [1.165, 1.54) is 0 Å². The van der Waals surface area contributed by atoms with Gasteiger partial charge in [-0.05, 0) is 42.7 Å². The monoisotopic (exact) mass is 376 g/mol. The lowest BCUT2D eigenvalue weighted by Crippen LogP contribution is -2.53. The lowest BCUT2D eigenvalue weighted by molar-refractivity contribution is -0.122. The van der Waals surface area contributed by atoms with Gasteiger partial charge in [0.1, 0.15) is 6.04 Å². The Morgan fingerprint density at radius 2 is 1.81 bits per heavy atom. The quantitative estimate of drug-likeness (QED) is 0.587. The van der Waals surface area contributed by atoms with Crippen molar-refractivity contribution in [2.45, 2.75) is 46.1 Å². The minimum Gasteiger partial charge on any atom is -0.383 e. The van der Waals surface area contributed by atoms with E-state index in [1.54, 1.807) is 0 Å². The van der Waals surface area contributed by atoms with Crippen LogP contribution in [0.5, 0.6) is 0 Å². The van der Waals surface area contributed by atoms with Gasteiger partial charge in [0.25, 0.3) is 0 Å². The maximum Gasteiger partial charge on any atom is 0.319 e. The number of anilines is 2. The highest BCUT2D eigenvalue weighted by molar-refractivity contribution is 5.96. The third-order valence-corrected chi connectivity index (χ3v) is 4.81. The van der Waals surface area contributed by atoms with Gasteiger partial charge >= 0.3 is 6.03 Å². The Hall–Kier alpha value is -2.28. The highest BCUT2D eigenvalue weighted by atomic mass is 16.5. The average Bonchev–Trinajstić information content (AvgIpc) is 2.61. The number of benzene rings is 1. The van der Waals surface area contributed by atoms with Crippen LogP contribution in [0, 0.1) is 11.3 Å². The summed E-state index contributed by atoms with van der Waals surface area (Å²) in [6.07, 6.45) is 3.27. The average molecular weight is 377 g/mol. The van der Waals surface area contributed by atoms with Gasteiger partial charge in [-0.3, -0.25) is 4.79 Å². The van der Waals surface area contributed by atoms with Crippen molar-refractivity contribution in [2.75, 3.05) is 30.4 Å². The number of hydrogen-bond acceptors (Lipinski definition) is 4. The molecule has 0 saturated carbocycles.